The zero-order valence-electron chi connectivity index (χ0n) is 9.30. The van der Waals surface area contributed by atoms with E-state index >= 15 is 0 Å². The Morgan fingerprint density at radius 2 is 2.50 bits per heavy atom. The molecule has 90 valence electrons. The molecule has 0 fully saturated rings. The number of carbonyl (C=O) groups is 1. The van der Waals surface area contributed by atoms with E-state index in [9.17, 15) is 4.79 Å². The largest absolute Gasteiger partial charge is 0.394 e. The van der Waals surface area contributed by atoms with Crippen LogP contribution in [-0.2, 0) is 16.1 Å². The number of rotatable bonds is 7. The van der Waals surface area contributed by atoms with E-state index < -0.39 is 0 Å². The van der Waals surface area contributed by atoms with Crippen molar-refractivity contribution in [2.75, 3.05) is 20.3 Å². The lowest BCUT2D eigenvalue weighted by atomic mass is 10.3. The molecular formula is C10H17N3O3. The van der Waals surface area contributed by atoms with Crippen LogP contribution >= 0.6 is 0 Å². The summed E-state index contributed by atoms with van der Waals surface area (Å²) >= 11 is 0. The molecule has 0 aliphatic heterocycles. The molecule has 0 saturated carbocycles. The molecule has 1 unspecified atom stereocenters. The predicted octanol–water partition coefficient (Wildman–Crippen LogP) is -0.603. The van der Waals surface area contributed by atoms with E-state index in [-0.39, 0.29) is 18.6 Å². The summed E-state index contributed by atoms with van der Waals surface area (Å²) in [5.74, 6) is -0.107. The third-order valence-corrected chi connectivity index (χ3v) is 2.11. The number of imidazole rings is 1. The van der Waals surface area contributed by atoms with Crippen LogP contribution in [0.4, 0.5) is 0 Å². The van der Waals surface area contributed by atoms with Gasteiger partial charge in [0.15, 0.2) is 0 Å². The van der Waals surface area contributed by atoms with Gasteiger partial charge in [-0.2, -0.15) is 0 Å². The van der Waals surface area contributed by atoms with Gasteiger partial charge in [-0.25, -0.2) is 4.98 Å². The molecule has 0 aromatic carbocycles. The summed E-state index contributed by atoms with van der Waals surface area (Å²) in [6.07, 6.45) is 5.48. The fourth-order valence-electron chi connectivity index (χ4n) is 1.29. The van der Waals surface area contributed by atoms with Gasteiger partial charge < -0.3 is 19.7 Å². The monoisotopic (exact) mass is 227 g/mol. The summed E-state index contributed by atoms with van der Waals surface area (Å²) < 4.78 is 6.68. The van der Waals surface area contributed by atoms with Gasteiger partial charge in [-0.3, -0.25) is 4.79 Å². The first kappa shape index (κ1) is 12.7. The van der Waals surface area contributed by atoms with Crippen molar-refractivity contribution in [1.82, 2.24) is 14.9 Å². The van der Waals surface area contributed by atoms with E-state index in [1.54, 1.807) is 18.7 Å². The van der Waals surface area contributed by atoms with E-state index in [1.165, 1.54) is 7.11 Å². The van der Waals surface area contributed by atoms with Gasteiger partial charge in [0, 0.05) is 32.5 Å². The second-order valence-corrected chi connectivity index (χ2v) is 3.45. The first-order valence-corrected chi connectivity index (χ1v) is 5.11. The van der Waals surface area contributed by atoms with Gasteiger partial charge in [-0.15, -0.1) is 0 Å². The lowest BCUT2D eigenvalue weighted by Crippen LogP contribution is -2.40. The van der Waals surface area contributed by atoms with Crippen LogP contribution in [0.1, 0.15) is 6.42 Å². The number of aliphatic hydroxyl groups is 1. The normalized spacial score (nSPS) is 12.4. The minimum absolute atomic E-state index is 0.107. The molecule has 1 aromatic rings. The van der Waals surface area contributed by atoms with Crippen LogP contribution in [0, 0.1) is 0 Å². The number of hydrogen-bond donors (Lipinski definition) is 2. The second kappa shape index (κ2) is 6.97. The highest BCUT2D eigenvalue weighted by atomic mass is 16.5. The smallest absolute Gasteiger partial charge is 0.222 e. The van der Waals surface area contributed by atoms with Crippen LogP contribution in [0.15, 0.2) is 18.7 Å². The molecule has 0 saturated heterocycles. The fourth-order valence-corrected chi connectivity index (χ4v) is 1.29. The Labute approximate surface area is 94.2 Å². The Morgan fingerprint density at radius 3 is 3.06 bits per heavy atom. The van der Waals surface area contributed by atoms with Crippen molar-refractivity contribution in [2.24, 2.45) is 0 Å². The standard InChI is InChI=1S/C10H17N3O3/c1-16-7-9(6-14)12-10(15)2-4-13-5-3-11-8-13/h3,5,8-9,14H,2,4,6-7H2,1H3,(H,12,15). The fraction of sp³-hybridized carbons (Fsp3) is 0.600. The second-order valence-electron chi connectivity index (χ2n) is 3.45. The number of carbonyl (C=O) groups excluding carboxylic acids is 1. The van der Waals surface area contributed by atoms with Crippen LogP contribution in [0.5, 0.6) is 0 Å². The first-order chi connectivity index (χ1) is 7.76. The number of ether oxygens (including phenoxy) is 1. The van der Waals surface area contributed by atoms with Crippen molar-refractivity contribution in [3.05, 3.63) is 18.7 Å². The number of aliphatic hydroxyl groups excluding tert-OH is 1. The van der Waals surface area contributed by atoms with E-state index in [0.717, 1.165) is 0 Å². The Balaban J connectivity index is 2.24. The lowest BCUT2D eigenvalue weighted by molar-refractivity contribution is -0.122. The summed E-state index contributed by atoms with van der Waals surface area (Å²) in [5, 5.41) is 11.6. The molecule has 6 nitrogen and oxygen atoms in total. The molecule has 6 heteroatoms. The summed E-state index contributed by atoms with van der Waals surface area (Å²) in [6, 6.07) is -0.333. The molecule has 0 aliphatic rings. The molecular weight excluding hydrogens is 210 g/mol. The Kier molecular flexibility index (Phi) is 5.52. The minimum atomic E-state index is -0.333. The molecule has 1 atom stereocenters. The van der Waals surface area contributed by atoms with Gasteiger partial charge >= 0.3 is 0 Å². The van der Waals surface area contributed by atoms with Crippen LogP contribution in [0.3, 0.4) is 0 Å². The van der Waals surface area contributed by atoms with Crippen LogP contribution < -0.4 is 5.32 Å². The zero-order valence-corrected chi connectivity index (χ0v) is 9.30. The average Bonchev–Trinajstić information content (AvgIpc) is 2.78. The van der Waals surface area contributed by atoms with Crippen molar-refractivity contribution in [1.29, 1.82) is 0 Å². The number of amides is 1. The topological polar surface area (TPSA) is 76.4 Å². The van der Waals surface area contributed by atoms with Crippen molar-refractivity contribution in [3.63, 3.8) is 0 Å². The van der Waals surface area contributed by atoms with Gasteiger partial charge in [0.05, 0.1) is 25.6 Å². The molecule has 0 spiro atoms. The van der Waals surface area contributed by atoms with Gasteiger partial charge in [-0.1, -0.05) is 0 Å². The van der Waals surface area contributed by atoms with Crippen LogP contribution in [0.2, 0.25) is 0 Å². The number of hydrogen-bond acceptors (Lipinski definition) is 4. The zero-order chi connectivity index (χ0) is 11.8. The summed E-state index contributed by atoms with van der Waals surface area (Å²) in [5.41, 5.74) is 0. The van der Waals surface area contributed by atoms with E-state index in [2.05, 4.69) is 10.3 Å². The SMILES string of the molecule is COCC(CO)NC(=O)CCn1ccnc1. The van der Waals surface area contributed by atoms with Gasteiger partial charge in [0.2, 0.25) is 5.91 Å². The molecule has 0 radical (unpaired) electrons. The van der Waals surface area contributed by atoms with Crippen LogP contribution in [0.25, 0.3) is 0 Å². The Hall–Kier alpha value is -1.40. The van der Waals surface area contributed by atoms with E-state index in [0.29, 0.717) is 19.6 Å². The maximum Gasteiger partial charge on any atom is 0.222 e. The van der Waals surface area contributed by atoms with E-state index in [1.807, 2.05) is 4.57 Å². The Bertz CT molecular complexity index is 300. The summed E-state index contributed by atoms with van der Waals surface area (Å²) in [6.45, 7) is 0.773. The van der Waals surface area contributed by atoms with E-state index in [4.69, 9.17) is 9.84 Å². The van der Waals surface area contributed by atoms with Gasteiger partial charge in [-0.05, 0) is 0 Å². The maximum absolute atomic E-state index is 11.5. The number of methoxy groups -OCH3 is 1. The maximum atomic E-state index is 11.5. The number of nitrogens with one attached hydrogen (secondary N) is 1. The van der Waals surface area contributed by atoms with Gasteiger partial charge in [0.25, 0.3) is 0 Å². The highest BCUT2D eigenvalue weighted by Gasteiger charge is 2.10. The van der Waals surface area contributed by atoms with Crippen molar-refractivity contribution < 1.29 is 14.6 Å². The number of nitrogens with zero attached hydrogens (tertiary/aromatic N) is 2. The molecule has 1 rings (SSSR count). The quantitative estimate of drug-likeness (QED) is 0.652. The molecule has 0 aliphatic carbocycles. The predicted molar refractivity (Wildman–Crippen MR) is 57.7 cm³/mol. The highest BCUT2D eigenvalue weighted by Crippen LogP contribution is 1.92. The van der Waals surface area contributed by atoms with Crippen molar-refractivity contribution >= 4 is 5.91 Å². The third-order valence-electron chi connectivity index (χ3n) is 2.11. The summed E-state index contributed by atoms with van der Waals surface area (Å²) in [4.78, 5) is 15.3. The average molecular weight is 227 g/mol. The lowest BCUT2D eigenvalue weighted by Gasteiger charge is -2.15. The molecule has 1 amide bonds. The van der Waals surface area contributed by atoms with Crippen molar-refractivity contribution in [2.45, 2.75) is 19.0 Å². The van der Waals surface area contributed by atoms with Gasteiger partial charge in [0.1, 0.15) is 0 Å². The number of aryl methyl sites for hydroxylation is 1. The Morgan fingerprint density at radius 1 is 1.69 bits per heavy atom. The highest BCUT2D eigenvalue weighted by molar-refractivity contribution is 5.76. The molecule has 2 N–H and O–H groups in total. The molecule has 1 aromatic heterocycles. The minimum Gasteiger partial charge on any atom is -0.394 e. The van der Waals surface area contributed by atoms with Crippen molar-refractivity contribution in [3.8, 4) is 0 Å². The summed E-state index contributed by atoms with van der Waals surface area (Å²) in [7, 11) is 1.53. The van der Waals surface area contributed by atoms with Crippen LogP contribution in [-0.4, -0.2) is 46.9 Å². The molecule has 1 heterocycles. The number of aromatic nitrogens is 2. The third kappa shape index (κ3) is 4.41. The molecule has 16 heavy (non-hydrogen) atoms. The first-order valence-electron chi connectivity index (χ1n) is 5.11. The molecule has 0 bridgehead atoms.